The number of benzene rings is 2. The fourth-order valence-electron chi connectivity index (χ4n) is 2.32. The summed E-state index contributed by atoms with van der Waals surface area (Å²) in [7, 11) is 0. The lowest BCUT2D eigenvalue weighted by Gasteiger charge is -2.00. The number of nitro groups is 1. The van der Waals surface area contributed by atoms with Crippen molar-refractivity contribution in [2.24, 2.45) is 5.10 Å². The first kappa shape index (κ1) is 23.9. The molecule has 0 spiro atoms. The second-order valence-electron chi connectivity index (χ2n) is 5.99. The maximum absolute atomic E-state index is 11.9. The number of aromatic nitrogens is 2. The molecule has 0 aliphatic rings. The highest BCUT2D eigenvalue weighted by atomic mass is 35.5. The molecule has 0 radical (unpaired) electrons. The van der Waals surface area contributed by atoms with Crippen LogP contribution in [0.1, 0.15) is 11.1 Å². The van der Waals surface area contributed by atoms with Crippen LogP contribution in [-0.4, -0.2) is 33.0 Å². The molecule has 1 amide bonds. The third kappa shape index (κ3) is 7.45. The van der Waals surface area contributed by atoms with Crippen molar-refractivity contribution in [1.29, 1.82) is 0 Å². The van der Waals surface area contributed by atoms with Crippen LogP contribution in [0, 0.1) is 10.1 Å². The molecule has 0 unspecified atom stereocenters. The quantitative estimate of drug-likeness (QED) is 0.172. The number of halogens is 1. The second-order valence-corrected chi connectivity index (χ2v) is 9.82. The van der Waals surface area contributed by atoms with Crippen molar-refractivity contribution in [3.8, 4) is 0 Å². The van der Waals surface area contributed by atoms with Crippen LogP contribution in [0.3, 0.4) is 0 Å². The van der Waals surface area contributed by atoms with Gasteiger partial charge in [-0.2, -0.15) is 5.10 Å². The normalized spacial score (nSPS) is 11.3. The smallest absolute Gasteiger partial charge is 0.272 e. The molecule has 1 N–H and O–H groups in total. The van der Waals surface area contributed by atoms with E-state index in [9.17, 15) is 14.9 Å². The van der Waals surface area contributed by atoms with Gasteiger partial charge in [-0.05, 0) is 29.8 Å². The third-order valence-corrected chi connectivity index (χ3v) is 7.39. The molecule has 0 atom stereocenters. The Kier molecular flexibility index (Phi) is 9.23. The zero-order valence-electron chi connectivity index (χ0n) is 16.4. The van der Waals surface area contributed by atoms with Crippen LogP contribution in [0.4, 0.5) is 5.69 Å². The lowest BCUT2D eigenvalue weighted by atomic mass is 10.2. The highest BCUT2D eigenvalue weighted by molar-refractivity contribution is 8.03. The largest absolute Gasteiger partial charge is 0.276 e. The number of nitrogens with one attached hydrogen (secondary N) is 1. The average Bonchev–Trinajstić information content (AvgIpc) is 3.25. The molecule has 164 valence electrons. The van der Waals surface area contributed by atoms with Gasteiger partial charge in [-0.25, -0.2) is 5.43 Å². The fourth-order valence-corrected chi connectivity index (χ4v) is 5.42. The SMILES string of the molecule is O=C(CSc1nnc(SCc2ccccc2Cl)s1)N/N=C\C=C\c1ccccc1[N+](=O)[O-]. The summed E-state index contributed by atoms with van der Waals surface area (Å²) < 4.78 is 1.48. The number of nitro benzene ring substituents is 1. The highest BCUT2D eigenvalue weighted by Gasteiger charge is 2.10. The molecular weight excluding hydrogens is 490 g/mol. The number of allylic oxidation sites excluding steroid dienone is 1. The Labute approximate surface area is 201 Å². The number of para-hydroxylation sites is 1. The van der Waals surface area contributed by atoms with Gasteiger partial charge in [0.05, 0.1) is 16.2 Å². The summed E-state index contributed by atoms with van der Waals surface area (Å²) >= 11 is 10.4. The third-order valence-electron chi connectivity index (χ3n) is 3.78. The molecule has 0 saturated carbocycles. The van der Waals surface area contributed by atoms with Crippen molar-refractivity contribution < 1.29 is 9.72 Å². The first-order chi connectivity index (χ1) is 15.5. The zero-order chi connectivity index (χ0) is 22.8. The highest BCUT2D eigenvalue weighted by Crippen LogP contribution is 2.32. The molecule has 8 nitrogen and oxygen atoms in total. The van der Waals surface area contributed by atoms with Gasteiger partial charge in [0, 0.05) is 23.1 Å². The molecule has 0 saturated heterocycles. The summed E-state index contributed by atoms with van der Waals surface area (Å²) in [5, 5.41) is 23.7. The van der Waals surface area contributed by atoms with Crippen LogP contribution in [-0.2, 0) is 10.5 Å². The first-order valence-electron chi connectivity index (χ1n) is 9.07. The Morgan fingerprint density at radius 1 is 1.16 bits per heavy atom. The number of nitrogens with zero attached hydrogens (tertiary/aromatic N) is 4. The minimum absolute atomic E-state index is 0.000888. The summed E-state index contributed by atoms with van der Waals surface area (Å²) in [6.07, 6.45) is 4.42. The van der Waals surface area contributed by atoms with E-state index in [1.807, 2.05) is 24.3 Å². The van der Waals surface area contributed by atoms with Gasteiger partial charge in [-0.3, -0.25) is 14.9 Å². The van der Waals surface area contributed by atoms with Gasteiger partial charge >= 0.3 is 0 Å². The van der Waals surface area contributed by atoms with Crippen molar-refractivity contribution in [2.75, 3.05) is 5.75 Å². The first-order valence-corrected chi connectivity index (χ1v) is 12.2. The number of hydrazone groups is 1. The van der Waals surface area contributed by atoms with Crippen LogP contribution in [0.25, 0.3) is 6.08 Å². The van der Waals surface area contributed by atoms with E-state index in [2.05, 4.69) is 20.7 Å². The molecule has 1 heterocycles. The van der Waals surface area contributed by atoms with E-state index < -0.39 is 4.92 Å². The van der Waals surface area contributed by atoms with Gasteiger partial charge in [-0.1, -0.05) is 76.8 Å². The summed E-state index contributed by atoms with van der Waals surface area (Å²) in [5.74, 6) is 0.522. The van der Waals surface area contributed by atoms with E-state index in [1.165, 1.54) is 53.2 Å². The molecule has 32 heavy (non-hydrogen) atoms. The maximum atomic E-state index is 11.9. The Balaban J connectivity index is 1.41. The second kappa shape index (κ2) is 12.3. The Hall–Kier alpha value is -2.73. The molecule has 0 bridgehead atoms. The van der Waals surface area contributed by atoms with Crippen LogP contribution in [0.15, 0.2) is 68.4 Å². The predicted molar refractivity (Wildman–Crippen MR) is 130 cm³/mol. The standard InChI is InChI=1S/C20H16ClN5O3S3/c21-16-9-3-1-7-15(16)12-30-19-24-25-20(32-19)31-13-18(27)23-22-11-5-8-14-6-2-4-10-17(14)26(28)29/h1-11H,12-13H2,(H,23,27)/b8-5+,22-11-. The van der Waals surface area contributed by atoms with Gasteiger partial charge in [0.15, 0.2) is 8.68 Å². The molecule has 3 aromatic rings. The number of hydrogen-bond acceptors (Lipinski definition) is 9. The molecule has 3 rings (SSSR count). The molecule has 0 aliphatic carbocycles. The number of carbonyl (C=O) groups excluding carboxylic acids is 1. The van der Waals surface area contributed by atoms with Crippen LogP contribution < -0.4 is 5.43 Å². The van der Waals surface area contributed by atoms with E-state index in [0.717, 1.165) is 9.90 Å². The number of carbonyl (C=O) groups is 1. The Bertz CT molecular complexity index is 1150. The van der Waals surface area contributed by atoms with E-state index in [1.54, 1.807) is 24.3 Å². The Morgan fingerprint density at radius 2 is 1.88 bits per heavy atom. The van der Waals surface area contributed by atoms with E-state index in [4.69, 9.17) is 11.6 Å². The van der Waals surface area contributed by atoms with Crippen molar-refractivity contribution in [3.05, 3.63) is 80.9 Å². The van der Waals surface area contributed by atoms with Crippen LogP contribution in [0.5, 0.6) is 0 Å². The van der Waals surface area contributed by atoms with Crippen molar-refractivity contribution in [3.63, 3.8) is 0 Å². The average molecular weight is 506 g/mol. The number of amides is 1. The van der Waals surface area contributed by atoms with Crippen LogP contribution >= 0.6 is 46.5 Å². The minimum atomic E-state index is -0.454. The summed E-state index contributed by atoms with van der Waals surface area (Å²) in [4.78, 5) is 22.4. The summed E-state index contributed by atoms with van der Waals surface area (Å²) in [6.45, 7) is 0. The lowest BCUT2D eigenvalue weighted by Crippen LogP contribution is -2.19. The van der Waals surface area contributed by atoms with Crippen LogP contribution in [0.2, 0.25) is 5.02 Å². The number of hydrogen-bond donors (Lipinski definition) is 1. The number of thioether (sulfide) groups is 2. The van der Waals surface area contributed by atoms with E-state index >= 15 is 0 Å². The van der Waals surface area contributed by atoms with Crippen molar-refractivity contribution >= 4 is 70.3 Å². The van der Waals surface area contributed by atoms with Gasteiger partial charge in [0.25, 0.3) is 11.6 Å². The molecule has 1 aromatic heterocycles. The van der Waals surface area contributed by atoms with Gasteiger partial charge in [0.2, 0.25) is 0 Å². The van der Waals surface area contributed by atoms with E-state index in [-0.39, 0.29) is 17.3 Å². The summed E-state index contributed by atoms with van der Waals surface area (Å²) in [5.41, 5.74) is 3.87. The molecule has 12 heteroatoms. The van der Waals surface area contributed by atoms with Gasteiger partial charge < -0.3 is 0 Å². The van der Waals surface area contributed by atoms with Crippen molar-refractivity contribution in [1.82, 2.24) is 15.6 Å². The monoisotopic (exact) mass is 505 g/mol. The van der Waals surface area contributed by atoms with Gasteiger partial charge in [0.1, 0.15) is 0 Å². The fraction of sp³-hybridized carbons (Fsp3) is 0.100. The topological polar surface area (TPSA) is 110 Å². The number of rotatable bonds is 10. The van der Waals surface area contributed by atoms with Crippen molar-refractivity contribution in [2.45, 2.75) is 14.4 Å². The predicted octanol–water partition coefficient (Wildman–Crippen LogP) is 5.30. The molecule has 2 aromatic carbocycles. The van der Waals surface area contributed by atoms with E-state index in [0.29, 0.717) is 20.7 Å². The minimum Gasteiger partial charge on any atom is -0.272 e. The maximum Gasteiger partial charge on any atom is 0.276 e. The molecule has 0 fully saturated rings. The molecule has 0 aliphatic heterocycles. The molecular formula is C20H16ClN5O3S3. The lowest BCUT2D eigenvalue weighted by molar-refractivity contribution is -0.385. The zero-order valence-corrected chi connectivity index (χ0v) is 19.6. The summed E-state index contributed by atoms with van der Waals surface area (Å²) in [6, 6.07) is 14.0. The van der Waals surface area contributed by atoms with Gasteiger partial charge in [-0.15, -0.1) is 10.2 Å². The Morgan fingerprint density at radius 3 is 2.66 bits per heavy atom.